The Morgan fingerprint density at radius 2 is 1.75 bits per heavy atom. The Balaban J connectivity index is 1.87. The van der Waals surface area contributed by atoms with Crippen molar-refractivity contribution in [2.24, 2.45) is 0 Å². The van der Waals surface area contributed by atoms with Gasteiger partial charge in [0.2, 0.25) is 0 Å². The minimum atomic E-state index is -0.342. The Labute approximate surface area is 144 Å². The van der Waals surface area contributed by atoms with E-state index >= 15 is 0 Å². The molecule has 3 nitrogen and oxygen atoms in total. The quantitative estimate of drug-likeness (QED) is 0.659. The molecule has 3 rings (SSSR count). The second-order valence-electron chi connectivity index (χ2n) is 5.34. The highest BCUT2D eigenvalue weighted by atomic mass is 35.5. The maximum absolute atomic E-state index is 14.0. The van der Waals surface area contributed by atoms with Crippen LogP contribution in [0.2, 0.25) is 5.02 Å². The van der Waals surface area contributed by atoms with Crippen molar-refractivity contribution >= 4 is 17.5 Å². The van der Waals surface area contributed by atoms with E-state index in [2.05, 4.69) is 0 Å². The zero-order valence-electron chi connectivity index (χ0n) is 12.8. The van der Waals surface area contributed by atoms with Crippen molar-refractivity contribution in [3.8, 4) is 0 Å². The summed E-state index contributed by atoms with van der Waals surface area (Å²) < 4.78 is 19.3. The van der Waals surface area contributed by atoms with Crippen molar-refractivity contribution in [3.63, 3.8) is 0 Å². The van der Waals surface area contributed by atoms with Gasteiger partial charge in [0, 0.05) is 22.7 Å². The molecular weight excluding hydrogens is 329 g/mol. The number of rotatable bonds is 5. The van der Waals surface area contributed by atoms with Gasteiger partial charge in [-0.3, -0.25) is 4.79 Å². The molecule has 0 saturated heterocycles. The van der Waals surface area contributed by atoms with Crippen molar-refractivity contribution in [3.05, 3.63) is 94.7 Å². The number of halogens is 2. The molecule has 24 heavy (non-hydrogen) atoms. The highest BCUT2D eigenvalue weighted by Crippen LogP contribution is 2.18. The van der Waals surface area contributed by atoms with Gasteiger partial charge in [0.1, 0.15) is 11.6 Å². The second-order valence-corrected chi connectivity index (χ2v) is 5.78. The minimum Gasteiger partial charge on any atom is -0.467 e. The van der Waals surface area contributed by atoms with Crippen LogP contribution in [0, 0.1) is 5.82 Å². The lowest BCUT2D eigenvalue weighted by atomic mass is 10.1. The van der Waals surface area contributed by atoms with Crippen LogP contribution in [0.1, 0.15) is 21.7 Å². The number of amides is 1. The molecule has 122 valence electrons. The summed E-state index contributed by atoms with van der Waals surface area (Å²) in [5.41, 5.74) is 0.939. The molecule has 0 spiro atoms. The van der Waals surface area contributed by atoms with E-state index in [1.807, 2.05) is 0 Å². The van der Waals surface area contributed by atoms with Gasteiger partial charge in [-0.15, -0.1) is 0 Å². The molecule has 0 aliphatic rings. The lowest BCUT2D eigenvalue weighted by molar-refractivity contribution is 0.0716. The monoisotopic (exact) mass is 343 g/mol. The molecule has 3 aromatic rings. The van der Waals surface area contributed by atoms with Gasteiger partial charge in [0.15, 0.2) is 0 Å². The van der Waals surface area contributed by atoms with Crippen LogP contribution in [0.3, 0.4) is 0 Å². The Morgan fingerprint density at radius 3 is 2.42 bits per heavy atom. The van der Waals surface area contributed by atoms with Crippen LogP contribution in [0.25, 0.3) is 0 Å². The van der Waals surface area contributed by atoms with E-state index in [0.717, 1.165) is 0 Å². The van der Waals surface area contributed by atoms with Gasteiger partial charge in [-0.05, 0) is 42.5 Å². The summed E-state index contributed by atoms with van der Waals surface area (Å²) in [6.45, 7) is 0.400. The summed E-state index contributed by atoms with van der Waals surface area (Å²) in [4.78, 5) is 14.4. The van der Waals surface area contributed by atoms with Crippen LogP contribution >= 0.6 is 11.6 Å². The van der Waals surface area contributed by atoms with Gasteiger partial charge in [0.05, 0.1) is 12.8 Å². The topological polar surface area (TPSA) is 33.5 Å². The van der Waals surface area contributed by atoms with E-state index in [-0.39, 0.29) is 24.8 Å². The third kappa shape index (κ3) is 3.84. The van der Waals surface area contributed by atoms with Gasteiger partial charge in [-0.1, -0.05) is 29.8 Å². The van der Waals surface area contributed by atoms with E-state index < -0.39 is 0 Å². The summed E-state index contributed by atoms with van der Waals surface area (Å²) in [5.74, 6) is 0.0748. The van der Waals surface area contributed by atoms with Crippen molar-refractivity contribution in [1.29, 1.82) is 0 Å². The standard InChI is InChI=1S/C19H15ClFNO2/c20-16-9-7-14(8-10-16)19(23)22(13-17-5-3-11-24-17)12-15-4-1-2-6-18(15)21/h1-11H,12-13H2. The van der Waals surface area contributed by atoms with Crippen molar-refractivity contribution in [2.75, 3.05) is 0 Å². The average Bonchev–Trinajstić information content (AvgIpc) is 3.09. The molecule has 0 aliphatic carbocycles. The largest absolute Gasteiger partial charge is 0.467 e. The molecule has 0 atom stereocenters. The zero-order chi connectivity index (χ0) is 16.9. The molecular formula is C19H15ClFNO2. The van der Waals surface area contributed by atoms with Crippen LogP contribution in [-0.4, -0.2) is 10.8 Å². The number of furan rings is 1. The fraction of sp³-hybridized carbons (Fsp3) is 0.105. The Kier molecular flexibility index (Phi) is 4.96. The molecule has 1 aromatic heterocycles. The van der Waals surface area contributed by atoms with Crippen LogP contribution in [0.15, 0.2) is 71.3 Å². The molecule has 5 heteroatoms. The number of hydrogen-bond donors (Lipinski definition) is 0. The van der Waals surface area contributed by atoms with E-state index in [9.17, 15) is 9.18 Å². The summed E-state index contributed by atoms with van der Waals surface area (Å²) in [6.07, 6.45) is 1.55. The highest BCUT2D eigenvalue weighted by molar-refractivity contribution is 6.30. The first kappa shape index (κ1) is 16.3. The Hall–Kier alpha value is -2.59. The molecule has 1 amide bonds. The molecule has 1 heterocycles. The minimum absolute atomic E-state index is 0.148. The lowest BCUT2D eigenvalue weighted by Gasteiger charge is -2.22. The molecule has 0 saturated carbocycles. The number of benzene rings is 2. The van der Waals surface area contributed by atoms with Crippen molar-refractivity contribution < 1.29 is 13.6 Å². The average molecular weight is 344 g/mol. The van der Waals surface area contributed by atoms with Gasteiger partial charge in [-0.25, -0.2) is 4.39 Å². The first-order valence-electron chi connectivity index (χ1n) is 7.44. The highest BCUT2D eigenvalue weighted by Gasteiger charge is 2.19. The third-order valence-corrected chi connectivity index (χ3v) is 3.88. The lowest BCUT2D eigenvalue weighted by Crippen LogP contribution is -2.30. The molecule has 0 aliphatic heterocycles. The summed E-state index contributed by atoms with van der Waals surface area (Å²) in [5, 5.41) is 0.554. The Morgan fingerprint density at radius 1 is 1.00 bits per heavy atom. The first-order valence-corrected chi connectivity index (χ1v) is 7.82. The van der Waals surface area contributed by atoms with E-state index in [0.29, 0.717) is 21.9 Å². The van der Waals surface area contributed by atoms with E-state index in [4.69, 9.17) is 16.0 Å². The smallest absolute Gasteiger partial charge is 0.254 e. The molecule has 0 bridgehead atoms. The van der Waals surface area contributed by atoms with Crippen molar-refractivity contribution in [2.45, 2.75) is 13.1 Å². The second kappa shape index (κ2) is 7.32. The fourth-order valence-corrected chi connectivity index (χ4v) is 2.52. The predicted molar refractivity (Wildman–Crippen MR) is 90.1 cm³/mol. The number of nitrogens with zero attached hydrogens (tertiary/aromatic N) is 1. The van der Waals surface area contributed by atoms with Crippen molar-refractivity contribution in [1.82, 2.24) is 4.90 Å². The third-order valence-electron chi connectivity index (χ3n) is 3.62. The zero-order valence-corrected chi connectivity index (χ0v) is 13.5. The fourth-order valence-electron chi connectivity index (χ4n) is 2.40. The number of carbonyl (C=O) groups excluding carboxylic acids is 1. The summed E-state index contributed by atoms with van der Waals surface area (Å²) in [7, 11) is 0. The summed E-state index contributed by atoms with van der Waals surface area (Å²) >= 11 is 5.87. The predicted octanol–water partition coefficient (Wildman–Crippen LogP) is 4.91. The first-order chi connectivity index (χ1) is 11.6. The SMILES string of the molecule is O=C(c1ccc(Cl)cc1)N(Cc1ccco1)Cc1ccccc1F. The molecule has 0 N–H and O–H groups in total. The van der Waals surface area contributed by atoms with Crippen LogP contribution in [0.4, 0.5) is 4.39 Å². The van der Waals surface area contributed by atoms with Crippen LogP contribution < -0.4 is 0 Å². The normalized spacial score (nSPS) is 10.6. The maximum Gasteiger partial charge on any atom is 0.254 e. The van der Waals surface area contributed by atoms with Crippen LogP contribution in [-0.2, 0) is 13.1 Å². The summed E-state index contributed by atoms with van der Waals surface area (Å²) in [6, 6.07) is 16.6. The van der Waals surface area contributed by atoms with Gasteiger partial charge < -0.3 is 9.32 Å². The van der Waals surface area contributed by atoms with Gasteiger partial charge in [-0.2, -0.15) is 0 Å². The maximum atomic E-state index is 14.0. The number of hydrogen-bond acceptors (Lipinski definition) is 2. The molecule has 0 fully saturated rings. The molecule has 0 radical (unpaired) electrons. The Bertz CT molecular complexity index is 816. The molecule has 0 unspecified atom stereocenters. The molecule has 2 aromatic carbocycles. The van der Waals surface area contributed by atoms with Crippen LogP contribution in [0.5, 0.6) is 0 Å². The van der Waals surface area contributed by atoms with Gasteiger partial charge >= 0.3 is 0 Å². The van der Waals surface area contributed by atoms with E-state index in [1.165, 1.54) is 6.07 Å². The number of carbonyl (C=O) groups is 1. The van der Waals surface area contributed by atoms with Gasteiger partial charge in [0.25, 0.3) is 5.91 Å². The van der Waals surface area contributed by atoms with E-state index in [1.54, 1.807) is 65.8 Å².